The Kier molecular flexibility index (Phi) is 3.56. The molecule has 4 N–H and O–H groups in total. The molecule has 88 valence electrons. The lowest BCUT2D eigenvalue weighted by Crippen LogP contribution is -2.07. The highest BCUT2D eigenvalue weighted by Gasteiger charge is 2.27. The summed E-state index contributed by atoms with van der Waals surface area (Å²) < 4.78 is 0. The number of aliphatic hydroxyl groups excluding tert-OH is 1. The zero-order chi connectivity index (χ0) is 11.4. The van der Waals surface area contributed by atoms with Gasteiger partial charge in [0.15, 0.2) is 0 Å². The molecule has 1 aromatic rings. The first kappa shape index (κ1) is 11.1. The molecule has 0 amide bonds. The molecule has 5 nitrogen and oxygen atoms in total. The van der Waals surface area contributed by atoms with Crippen LogP contribution in [-0.2, 0) is 0 Å². The fourth-order valence-corrected chi connectivity index (χ4v) is 1.55. The van der Waals surface area contributed by atoms with Crippen molar-refractivity contribution in [1.82, 2.24) is 9.97 Å². The van der Waals surface area contributed by atoms with Crippen LogP contribution >= 0.6 is 0 Å². The van der Waals surface area contributed by atoms with Crippen LogP contribution < -0.4 is 11.1 Å². The highest BCUT2D eigenvalue weighted by Crippen LogP contribution is 2.38. The summed E-state index contributed by atoms with van der Waals surface area (Å²) >= 11 is 0. The first-order valence-corrected chi connectivity index (χ1v) is 5.79. The van der Waals surface area contributed by atoms with Crippen LogP contribution in [0.15, 0.2) is 6.07 Å². The van der Waals surface area contributed by atoms with Crippen molar-refractivity contribution >= 4 is 11.6 Å². The second-order valence-electron chi connectivity index (χ2n) is 4.17. The van der Waals surface area contributed by atoms with Gasteiger partial charge in [-0.1, -0.05) is 0 Å². The summed E-state index contributed by atoms with van der Waals surface area (Å²) in [6.07, 6.45) is 4.09. The lowest BCUT2D eigenvalue weighted by molar-refractivity contribution is 0.286. The molecule has 16 heavy (non-hydrogen) atoms. The van der Waals surface area contributed by atoms with Crippen molar-refractivity contribution in [3.8, 4) is 0 Å². The molecular weight excluding hydrogens is 204 g/mol. The largest absolute Gasteiger partial charge is 0.396 e. The van der Waals surface area contributed by atoms with E-state index in [9.17, 15) is 0 Å². The average Bonchev–Trinajstić information content (AvgIpc) is 3.07. The van der Waals surface area contributed by atoms with Gasteiger partial charge in [-0.05, 0) is 25.7 Å². The van der Waals surface area contributed by atoms with Gasteiger partial charge in [-0.2, -0.15) is 0 Å². The molecule has 1 aliphatic rings. The van der Waals surface area contributed by atoms with E-state index in [1.807, 2.05) is 0 Å². The Labute approximate surface area is 95.1 Å². The second-order valence-corrected chi connectivity index (χ2v) is 4.17. The lowest BCUT2D eigenvalue weighted by atomic mass is 10.3. The van der Waals surface area contributed by atoms with Gasteiger partial charge < -0.3 is 16.2 Å². The van der Waals surface area contributed by atoms with Gasteiger partial charge in [0.1, 0.15) is 17.5 Å². The van der Waals surface area contributed by atoms with Crippen LogP contribution in [0.2, 0.25) is 0 Å². The Morgan fingerprint density at radius 2 is 2.19 bits per heavy atom. The van der Waals surface area contributed by atoms with E-state index < -0.39 is 0 Å². The summed E-state index contributed by atoms with van der Waals surface area (Å²) in [4.78, 5) is 8.66. The van der Waals surface area contributed by atoms with Gasteiger partial charge in [0.05, 0.1) is 0 Å². The van der Waals surface area contributed by atoms with Crippen LogP contribution in [0.3, 0.4) is 0 Å². The number of nitrogens with zero attached hydrogens (tertiary/aromatic N) is 2. The molecule has 0 radical (unpaired) electrons. The maximum Gasteiger partial charge on any atom is 0.136 e. The van der Waals surface area contributed by atoms with Crippen molar-refractivity contribution in [2.24, 2.45) is 0 Å². The van der Waals surface area contributed by atoms with E-state index in [4.69, 9.17) is 10.8 Å². The smallest absolute Gasteiger partial charge is 0.136 e. The number of aromatic nitrogens is 2. The highest BCUT2D eigenvalue weighted by atomic mass is 16.2. The van der Waals surface area contributed by atoms with Gasteiger partial charge in [-0.25, -0.2) is 9.97 Å². The Morgan fingerprint density at radius 1 is 1.38 bits per heavy atom. The predicted octanol–water partition coefficient (Wildman–Crippen LogP) is 1.12. The van der Waals surface area contributed by atoms with Crippen LogP contribution in [0.4, 0.5) is 11.6 Å². The molecule has 5 heteroatoms. The standard InChI is InChI=1S/C11H18N4O/c12-9-7-10(13-5-1-2-6-16)15-11(14-9)8-3-4-8/h7-8,16H,1-6H2,(H3,12,13,14,15). The Morgan fingerprint density at radius 3 is 2.88 bits per heavy atom. The van der Waals surface area contributed by atoms with Gasteiger partial charge in [0, 0.05) is 25.1 Å². The van der Waals surface area contributed by atoms with E-state index in [1.54, 1.807) is 6.07 Å². The summed E-state index contributed by atoms with van der Waals surface area (Å²) in [5, 5.41) is 11.9. The number of nitrogens with one attached hydrogen (secondary N) is 1. The van der Waals surface area contributed by atoms with Gasteiger partial charge in [0.25, 0.3) is 0 Å². The van der Waals surface area contributed by atoms with E-state index in [0.717, 1.165) is 31.0 Å². The minimum Gasteiger partial charge on any atom is -0.396 e. The maximum absolute atomic E-state index is 8.66. The summed E-state index contributed by atoms with van der Waals surface area (Å²) in [7, 11) is 0. The fraction of sp³-hybridized carbons (Fsp3) is 0.636. The molecule has 0 atom stereocenters. The van der Waals surface area contributed by atoms with Crippen molar-refractivity contribution in [3.63, 3.8) is 0 Å². The Hall–Kier alpha value is -1.36. The number of nitrogens with two attached hydrogens (primary N) is 1. The fourth-order valence-electron chi connectivity index (χ4n) is 1.55. The quantitative estimate of drug-likeness (QED) is 0.628. The van der Waals surface area contributed by atoms with Crippen molar-refractivity contribution in [1.29, 1.82) is 0 Å². The van der Waals surface area contributed by atoms with Crippen LogP contribution in [0.5, 0.6) is 0 Å². The predicted molar refractivity (Wildman–Crippen MR) is 63.2 cm³/mol. The molecule has 2 rings (SSSR count). The highest BCUT2D eigenvalue weighted by molar-refractivity contribution is 5.45. The van der Waals surface area contributed by atoms with E-state index in [2.05, 4.69) is 15.3 Å². The number of aliphatic hydroxyl groups is 1. The lowest BCUT2D eigenvalue weighted by Gasteiger charge is -2.07. The summed E-state index contributed by atoms with van der Waals surface area (Å²) in [5.74, 6) is 2.71. The van der Waals surface area contributed by atoms with Crippen molar-refractivity contribution in [2.45, 2.75) is 31.6 Å². The van der Waals surface area contributed by atoms with Gasteiger partial charge in [-0.3, -0.25) is 0 Å². The molecule has 1 fully saturated rings. The Bertz CT molecular complexity index is 352. The van der Waals surface area contributed by atoms with Crippen LogP contribution in [0, 0.1) is 0 Å². The van der Waals surface area contributed by atoms with Gasteiger partial charge in [0.2, 0.25) is 0 Å². The third-order valence-corrected chi connectivity index (χ3v) is 2.60. The summed E-state index contributed by atoms with van der Waals surface area (Å²) in [5.41, 5.74) is 5.72. The second kappa shape index (κ2) is 5.12. The van der Waals surface area contributed by atoms with Crippen LogP contribution in [-0.4, -0.2) is 28.2 Å². The zero-order valence-electron chi connectivity index (χ0n) is 9.32. The zero-order valence-corrected chi connectivity index (χ0v) is 9.32. The van der Waals surface area contributed by atoms with E-state index in [1.165, 1.54) is 12.8 Å². The van der Waals surface area contributed by atoms with Crippen LogP contribution in [0.1, 0.15) is 37.4 Å². The monoisotopic (exact) mass is 222 g/mol. The van der Waals surface area contributed by atoms with E-state index >= 15 is 0 Å². The molecule has 1 heterocycles. The number of anilines is 2. The minimum atomic E-state index is 0.237. The number of hydrogen-bond donors (Lipinski definition) is 3. The summed E-state index contributed by atoms with van der Waals surface area (Å²) in [6.45, 7) is 1.04. The molecule has 1 saturated carbocycles. The molecule has 0 saturated heterocycles. The van der Waals surface area contributed by atoms with E-state index in [0.29, 0.717) is 11.7 Å². The average molecular weight is 222 g/mol. The van der Waals surface area contributed by atoms with Gasteiger partial charge >= 0.3 is 0 Å². The third kappa shape index (κ3) is 3.06. The molecule has 0 spiro atoms. The minimum absolute atomic E-state index is 0.237. The number of unbranched alkanes of at least 4 members (excludes halogenated alkanes) is 1. The molecular formula is C11H18N4O. The third-order valence-electron chi connectivity index (χ3n) is 2.60. The van der Waals surface area contributed by atoms with E-state index in [-0.39, 0.29) is 6.61 Å². The van der Waals surface area contributed by atoms with Crippen molar-refractivity contribution < 1.29 is 5.11 Å². The number of rotatable bonds is 6. The molecule has 0 bridgehead atoms. The first-order valence-electron chi connectivity index (χ1n) is 5.79. The van der Waals surface area contributed by atoms with Gasteiger partial charge in [-0.15, -0.1) is 0 Å². The first-order chi connectivity index (χ1) is 7.79. The van der Waals surface area contributed by atoms with Crippen molar-refractivity contribution in [3.05, 3.63) is 11.9 Å². The molecule has 0 aromatic carbocycles. The van der Waals surface area contributed by atoms with Crippen LogP contribution in [0.25, 0.3) is 0 Å². The molecule has 0 unspecified atom stereocenters. The maximum atomic E-state index is 8.66. The summed E-state index contributed by atoms with van der Waals surface area (Å²) in [6, 6.07) is 1.75. The SMILES string of the molecule is Nc1cc(NCCCCO)nc(C2CC2)n1. The van der Waals surface area contributed by atoms with Crippen molar-refractivity contribution in [2.75, 3.05) is 24.2 Å². The Balaban J connectivity index is 1.92. The normalized spacial score (nSPS) is 15.1. The molecule has 1 aromatic heterocycles. The topological polar surface area (TPSA) is 84.1 Å². The number of nitrogen functional groups attached to an aromatic ring is 1. The molecule has 0 aliphatic heterocycles. The number of hydrogen-bond acceptors (Lipinski definition) is 5. The molecule has 1 aliphatic carbocycles.